The lowest BCUT2D eigenvalue weighted by Crippen LogP contribution is -2.08. The monoisotopic (exact) mass is 234 g/mol. The van der Waals surface area contributed by atoms with Crippen LogP contribution in [0.2, 0.25) is 0 Å². The average Bonchev–Trinajstić information content (AvgIpc) is 2.66. The number of fused-ring (bicyclic) bond motifs is 1. The number of hydrogen-bond acceptors (Lipinski definition) is 4. The first-order valence-corrected chi connectivity index (χ1v) is 5.29. The van der Waals surface area contributed by atoms with Crippen molar-refractivity contribution in [1.29, 1.82) is 0 Å². The van der Waals surface area contributed by atoms with Crippen molar-refractivity contribution in [3.05, 3.63) is 35.2 Å². The number of aliphatic hydroxyl groups is 1. The van der Waals surface area contributed by atoms with Crippen LogP contribution in [0, 0.1) is 6.92 Å². The molecule has 1 unspecified atom stereocenters. The third-order valence-electron chi connectivity index (χ3n) is 2.56. The minimum atomic E-state index is -0.707. The van der Waals surface area contributed by atoms with Crippen LogP contribution < -0.4 is 0 Å². The maximum absolute atomic E-state index is 11.5. The molecule has 0 amide bonds. The molecule has 0 radical (unpaired) electrons. The van der Waals surface area contributed by atoms with Crippen LogP contribution in [0.25, 0.3) is 5.52 Å². The summed E-state index contributed by atoms with van der Waals surface area (Å²) >= 11 is 0. The second-order valence-corrected chi connectivity index (χ2v) is 3.96. The van der Waals surface area contributed by atoms with Gasteiger partial charge in [-0.25, -0.2) is 9.31 Å². The van der Waals surface area contributed by atoms with Crippen LogP contribution in [-0.4, -0.2) is 27.8 Å². The quantitative estimate of drug-likeness (QED) is 0.799. The topological polar surface area (TPSA) is 63.8 Å². The normalized spacial score (nSPS) is 12.7. The molecule has 0 aliphatic carbocycles. The zero-order chi connectivity index (χ0) is 12.6. The fraction of sp³-hybridized carbons (Fsp3) is 0.333. The zero-order valence-electron chi connectivity index (χ0n) is 9.97. The summed E-state index contributed by atoms with van der Waals surface area (Å²) in [6.07, 6.45) is -0.707. The van der Waals surface area contributed by atoms with Crippen LogP contribution in [0.5, 0.6) is 0 Å². The summed E-state index contributed by atoms with van der Waals surface area (Å²) in [4.78, 5) is 11.5. The van der Waals surface area contributed by atoms with Gasteiger partial charge in [0, 0.05) is 0 Å². The van der Waals surface area contributed by atoms with Gasteiger partial charge in [-0.1, -0.05) is 0 Å². The van der Waals surface area contributed by atoms with Gasteiger partial charge in [0.2, 0.25) is 0 Å². The molecular formula is C12H14N2O3. The summed E-state index contributed by atoms with van der Waals surface area (Å²) in [5.74, 6) is -0.423. The van der Waals surface area contributed by atoms with Gasteiger partial charge in [0.05, 0.1) is 35.7 Å². The molecule has 0 aliphatic rings. The van der Waals surface area contributed by atoms with E-state index in [9.17, 15) is 9.90 Å². The first kappa shape index (κ1) is 11.6. The highest BCUT2D eigenvalue weighted by molar-refractivity contribution is 5.90. The number of carbonyl (C=O) groups is 1. The third kappa shape index (κ3) is 2.01. The van der Waals surface area contributed by atoms with Crippen molar-refractivity contribution in [2.24, 2.45) is 0 Å². The van der Waals surface area contributed by atoms with Crippen molar-refractivity contribution >= 4 is 11.5 Å². The van der Waals surface area contributed by atoms with Crippen molar-refractivity contribution in [3.8, 4) is 0 Å². The number of esters is 1. The molecule has 90 valence electrons. The highest BCUT2D eigenvalue weighted by Gasteiger charge is 2.14. The fourth-order valence-electron chi connectivity index (χ4n) is 1.78. The number of aromatic nitrogens is 2. The molecule has 0 aromatic carbocycles. The lowest BCUT2D eigenvalue weighted by atomic mass is 10.1. The zero-order valence-corrected chi connectivity index (χ0v) is 9.97. The molecule has 2 aromatic rings. The van der Waals surface area contributed by atoms with Gasteiger partial charge < -0.3 is 9.84 Å². The number of aryl methyl sites for hydroxylation is 1. The SMILES string of the molecule is COC(=O)c1cc(C(C)O)n2nc(C)cc2c1. The minimum absolute atomic E-state index is 0.413. The molecule has 1 atom stereocenters. The van der Waals surface area contributed by atoms with Gasteiger partial charge in [0.15, 0.2) is 0 Å². The van der Waals surface area contributed by atoms with Gasteiger partial charge >= 0.3 is 5.97 Å². The summed E-state index contributed by atoms with van der Waals surface area (Å²) in [7, 11) is 1.33. The lowest BCUT2D eigenvalue weighted by Gasteiger charge is -2.09. The molecule has 5 heteroatoms. The van der Waals surface area contributed by atoms with Gasteiger partial charge in [0.1, 0.15) is 0 Å². The van der Waals surface area contributed by atoms with Gasteiger partial charge in [-0.05, 0) is 32.0 Å². The van der Waals surface area contributed by atoms with Gasteiger partial charge in [-0.15, -0.1) is 0 Å². The number of methoxy groups -OCH3 is 1. The van der Waals surface area contributed by atoms with Crippen molar-refractivity contribution < 1.29 is 14.6 Å². The summed E-state index contributed by atoms with van der Waals surface area (Å²) in [6.45, 7) is 3.49. The van der Waals surface area contributed by atoms with Crippen LogP contribution in [0.1, 0.15) is 34.8 Å². The Morgan fingerprint density at radius 1 is 1.47 bits per heavy atom. The Hall–Kier alpha value is -1.88. The molecule has 2 aromatic heterocycles. The minimum Gasteiger partial charge on any atom is -0.465 e. The number of aliphatic hydroxyl groups excluding tert-OH is 1. The third-order valence-corrected chi connectivity index (χ3v) is 2.56. The molecule has 0 saturated carbocycles. The van der Waals surface area contributed by atoms with Crippen LogP contribution in [0.4, 0.5) is 0 Å². The van der Waals surface area contributed by atoms with E-state index in [1.54, 1.807) is 23.6 Å². The Morgan fingerprint density at radius 2 is 2.18 bits per heavy atom. The highest BCUT2D eigenvalue weighted by atomic mass is 16.5. The fourth-order valence-corrected chi connectivity index (χ4v) is 1.78. The summed E-state index contributed by atoms with van der Waals surface area (Å²) in [5.41, 5.74) is 2.57. The first-order chi connectivity index (χ1) is 8.02. The second-order valence-electron chi connectivity index (χ2n) is 3.96. The van der Waals surface area contributed by atoms with Crippen LogP contribution in [0.15, 0.2) is 18.2 Å². The van der Waals surface area contributed by atoms with Gasteiger partial charge in [-0.3, -0.25) is 0 Å². The maximum Gasteiger partial charge on any atom is 0.337 e. The summed E-state index contributed by atoms with van der Waals surface area (Å²) < 4.78 is 6.31. The van der Waals surface area contributed by atoms with Crippen LogP contribution in [0.3, 0.4) is 0 Å². The van der Waals surface area contributed by atoms with E-state index in [0.29, 0.717) is 11.3 Å². The average molecular weight is 234 g/mol. The summed E-state index contributed by atoms with van der Waals surface area (Å²) in [6, 6.07) is 5.13. The Morgan fingerprint density at radius 3 is 2.76 bits per heavy atom. The Kier molecular flexibility index (Phi) is 2.85. The van der Waals surface area contributed by atoms with Gasteiger partial charge in [-0.2, -0.15) is 5.10 Å². The van der Waals surface area contributed by atoms with E-state index in [1.165, 1.54) is 7.11 Å². The molecule has 0 saturated heterocycles. The number of carbonyl (C=O) groups excluding carboxylic acids is 1. The van der Waals surface area contributed by atoms with Gasteiger partial charge in [0.25, 0.3) is 0 Å². The Balaban J connectivity index is 2.70. The molecule has 0 aliphatic heterocycles. The molecule has 2 heterocycles. The molecule has 0 spiro atoms. The molecule has 2 rings (SSSR count). The smallest absolute Gasteiger partial charge is 0.337 e. The molecule has 1 N–H and O–H groups in total. The van der Waals surface area contributed by atoms with E-state index in [-0.39, 0.29) is 0 Å². The van der Waals surface area contributed by atoms with E-state index in [4.69, 9.17) is 0 Å². The number of pyridine rings is 1. The molecule has 0 bridgehead atoms. The van der Waals surface area contributed by atoms with Crippen molar-refractivity contribution in [2.75, 3.05) is 7.11 Å². The summed E-state index contributed by atoms with van der Waals surface area (Å²) in [5, 5.41) is 14.0. The van der Waals surface area contributed by atoms with E-state index in [1.807, 2.05) is 13.0 Å². The van der Waals surface area contributed by atoms with Crippen molar-refractivity contribution in [2.45, 2.75) is 20.0 Å². The van der Waals surface area contributed by atoms with Crippen LogP contribution >= 0.6 is 0 Å². The standard InChI is InChI=1S/C12H14N2O3/c1-7-4-10-5-9(12(16)17-3)6-11(8(2)15)14(10)13-7/h4-6,8,15H,1-3H3. The van der Waals surface area contributed by atoms with E-state index in [0.717, 1.165) is 11.2 Å². The number of hydrogen-bond donors (Lipinski definition) is 1. The maximum atomic E-state index is 11.5. The predicted octanol–water partition coefficient (Wildman–Crippen LogP) is 1.48. The Bertz CT molecular complexity index is 572. The molecule has 0 fully saturated rings. The molecular weight excluding hydrogens is 220 g/mol. The van der Waals surface area contributed by atoms with E-state index >= 15 is 0 Å². The van der Waals surface area contributed by atoms with E-state index < -0.39 is 12.1 Å². The van der Waals surface area contributed by atoms with Crippen molar-refractivity contribution in [3.63, 3.8) is 0 Å². The first-order valence-electron chi connectivity index (χ1n) is 5.29. The largest absolute Gasteiger partial charge is 0.465 e. The lowest BCUT2D eigenvalue weighted by molar-refractivity contribution is 0.0600. The predicted molar refractivity (Wildman–Crippen MR) is 61.9 cm³/mol. The molecule has 5 nitrogen and oxygen atoms in total. The van der Waals surface area contributed by atoms with Crippen molar-refractivity contribution in [1.82, 2.24) is 9.61 Å². The number of rotatable bonds is 2. The number of ether oxygens (including phenoxy) is 1. The Labute approximate surface area is 98.6 Å². The molecule has 17 heavy (non-hydrogen) atoms. The second kappa shape index (κ2) is 4.18. The van der Waals surface area contributed by atoms with Crippen LogP contribution in [-0.2, 0) is 4.74 Å². The highest BCUT2D eigenvalue weighted by Crippen LogP contribution is 2.19. The van der Waals surface area contributed by atoms with E-state index in [2.05, 4.69) is 9.84 Å². The number of nitrogens with zero attached hydrogens (tertiary/aromatic N) is 2.